The Bertz CT molecular complexity index is 260. The first-order valence-corrected chi connectivity index (χ1v) is 4.72. The van der Waals surface area contributed by atoms with Crippen LogP contribution in [0.1, 0.15) is 12.8 Å². The SMILES string of the molecule is O=C(OC(F)(F)CCC(F)(F)F)C(Cl)(Cl)Cl. The van der Waals surface area contributed by atoms with Crippen molar-refractivity contribution in [2.45, 2.75) is 28.9 Å². The number of hydrogen-bond acceptors (Lipinski definition) is 2. The van der Waals surface area contributed by atoms with Crippen molar-refractivity contribution in [2.75, 3.05) is 0 Å². The molecular weight excluding hydrogens is 305 g/mol. The average Bonchev–Trinajstić information content (AvgIpc) is 1.97. The second kappa shape index (κ2) is 5.10. The fourth-order valence-corrected chi connectivity index (χ4v) is 0.648. The molecule has 0 saturated heterocycles. The van der Waals surface area contributed by atoms with Crippen LogP contribution < -0.4 is 0 Å². The van der Waals surface area contributed by atoms with Crippen molar-refractivity contribution >= 4 is 40.8 Å². The Morgan fingerprint density at radius 2 is 1.44 bits per heavy atom. The number of esters is 1. The summed E-state index contributed by atoms with van der Waals surface area (Å²) in [6.45, 7) is 0. The lowest BCUT2D eigenvalue weighted by atomic mass is 10.3. The molecule has 96 valence electrons. The van der Waals surface area contributed by atoms with Crippen LogP contribution in [0.25, 0.3) is 0 Å². The van der Waals surface area contributed by atoms with Crippen molar-refractivity contribution < 1.29 is 31.5 Å². The summed E-state index contributed by atoms with van der Waals surface area (Å²) in [6.07, 6.45) is -12.7. The molecule has 0 aromatic carbocycles. The van der Waals surface area contributed by atoms with E-state index in [1.807, 2.05) is 0 Å². The topological polar surface area (TPSA) is 26.3 Å². The van der Waals surface area contributed by atoms with Gasteiger partial charge >= 0.3 is 18.3 Å². The summed E-state index contributed by atoms with van der Waals surface area (Å²) in [7, 11) is 0. The molecule has 0 radical (unpaired) electrons. The van der Waals surface area contributed by atoms with E-state index in [0.29, 0.717) is 0 Å². The monoisotopic (exact) mass is 308 g/mol. The molecule has 0 rings (SSSR count). The molecule has 0 saturated carbocycles. The summed E-state index contributed by atoms with van der Waals surface area (Å²) < 4.78 is 60.6. The molecule has 0 aromatic rings. The highest BCUT2D eigenvalue weighted by Gasteiger charge is 2.44. The van der Waals surface area contributed by atoms with E-state index in [-0.39, 0.29) is 0 Å². The number of halogens is 8. The Kier molecular flexibility index (Phi) is 5.09. The maximum atomic E-state index is 12.6. The van der Waals surface area contributed by atoms with Gasteiger partial charge < -0.3 is 4.74 Å². The van der Waals surface area contributed by atoms with Crippen LogP contribution in [0.2, 0.25) is 0 Å². The molecule has 0 aliphatic rings. The standard InChI is InChI=1S/C6H4Cl3F5O2/c7-6(8,9)3(15)16-5(13,14)2-1-4(10,11)12/h1-2H2. The lowest BCUT2D eigenvalue weighted by molar-refractivity contribution is -0.247. The van der Waals surface area contributed by atoms with Crippen LogP contribution in [0, 0.1) is 0 Å². The highest BCUT2D eigenvalue weighted by molar-refractivity contribution is 6.75. The van der Waals surface area contributed by atoms with Gasteiger partial charge in [-0.2, -0.15) is 22.0 Å². The predicted molar refractivity (Wildman–Crippen MR) is 46.6 cm³/mol. The Hall–Kier alpha value is -0.0100. The number of alkyl halides is 8. The number of carbonyl (C=O) groups excluding carboxylic acids is 1. The van der Waals surface area contributed by atoms with Crippen LogP contribution in [0.4, 0.5) is 22.0 Å². The molecule has 10 heteroatoms. The van der Waals surface area contributed by atoms with Crippen molar-refractivity contribution in [3.63, 3.8) is 0 Å². The molecule has 0 aromatic heterocycles. The lowest BCUT2D eigenvalue weighted by Crippen LogP contribution is -2.33. The summed E-state index contributed by atoms with van der Waals surface area (Å²) >= 11 is 14.6. The zero-order valence-corrected chi connectivity index (χ0v) is 9.52. The van der Waals surface area contributed by atoms with Crippen molar-refractivity contribution in [1.29, 1.82) is 0 Å². The van der Waals surface area contributed by atoms with Crippen LogP contribution in [-0.2, 0) is 9.53 Å². The van der Waals surface area contributed by atoms with E-state index < -0.39 is 34.9 Å². The van der Waals surface area contributed by atoms with Crippen LogP contribution in [0.5, 0.6) is 0 Å². The zero-order valence-electron chi connectivity index (χ0n) is 7.25. The summed E-state index contributed by atoms with van der Waals surface area (Å²) in [5.41, 5.74) is 0. The normalized spacial score (nSPS) is 13.8. The van der Waals surface area contributed by atoms with Gasteiger partial charge in [0, 0.05) is 0 Å². The van der Waals surface area contributed by atoms with Gasteiger partial charge in [-0.3, -0.25) is 0 Å². The Balaban J connectivity index is 4.31. The van der Waals surface area contributed by atoms with E-state index in [2.05, 4.69) is 4.74 Å². The smallest absolute Gasteiger partial charge is 0.398 e. The zero-order chi connectivity index (χ0) is 13.2. The van der Waals surface area contributed by atoms with Gasteiger partial charge in [0.25, 0.3) is 3.79 Å². The molecule has 2 nitrogen and oxygen atoms in total. The number of hydrogen-bond donors (Lipinski definition) is 0. The van der Waals surface area contributed by atoms with E-state index >= 15 is 0 Å². The average molecular weight is 309 g/mol. The molecule has 0 N–H and O–H groups in total. The molecule has 0 unspecified atom stereocenters. The van der Waals surface area contributed by atoms with Crippen molar-refractivity contribution in [3.8, 4) is 0 Å². The van der Waals surface area contributed by atoms with Crippen LogP contribution in [0.15, 0.2) is 0 Å². The highest BCUT2D eigenvalue weighted by Crippen LogP contribution is 2.34. The van der Waals surface area contributed by atoms with Gasteiger partial charge in [-0.25, -0.2) is 4.79 Å². The van der Waals surface area contributed by atoms with Gasteiger partial charge in [0.05, 0.1) is 12.8 Å². The molecule has 16 heavy (non-hydrogen) atoms. The summed E-state index contributed by atoms with van der Waals surface area (Å²) in [5, 5.41) is 0. The number of ether oxygens (including phenoxy) is 1. The van der Waals surface area contributed by atoms with Gasteiger partial charge in [-0.05, 0) is 0 Å². The number of rotatable bonds is 3. The third kappa shape index (κ3) is 7.29. The maximum absolute atomic E-state index is 12.6. The molecule has 0 spiro atoms. The minimum Gasteiger partial charge on any atom is -0.398 e. The minimum atomic E-state index is -4.80. The van der Waals surface area contributed by atoms with Crippen molar-refractivity contribution in [2.24, 2.45) is 0 Å². The van der Waals surface area contributed by atoms with E-state index in [0.717, 1.165) is 0 Å². The minimum absolute atomic E-state index is 1.73. The lowest BCUT2D eigenvalue weighted by Gasteiger charge is -2.19. The van der Waals surface area contributed by atoms with Crippen LogP contribution in [0.3, 0.4) is 0 Å². The first kappa shape index (κ1) is 16.0. The quantitative estimate of drug-likeness (QED) is 0.450. The largest absolute Gasteiger partial charge is 0.400 e. The first-order valence-electron chi connectivity index (χ1n) is 3.58. The van der Waals surface area contributed by atoms with E-state index in [1.54, 1.807) is 0 Å². The molecule has 0 bridgehead atoms. The first-order chi connectivity index (χ1) is 6.83. The summed E-state index contributed by atoms with van der Waals surface area (Å²) in [6, 6.07) is 0. The van der Waals surface area contributed by atoms with Crippen LogP contribution in [-0.4, -0.2) is 22.0 Å². The number of carbonyl (C=O) groups is 1. The van der Waals surface area contributed by atoms with Crippen molar-refractivity contribution in [3.05, 3.63) is 0 Å². The molecule has 0 fully saturated rings. The predicted octanol–water partition coefficient (Wildman–Crippen LogP) is 3.84. The van der Waals surface area contributed by atoms with E-state index in [9.17, 15) is 26.7 Å². The Morgan fingerprint density at radius 3 is 1.75 bits per heavy atom. The van der Waals surface area contributed by atoms with Gasteiger partial charge in [-0.15, -0.1) is 0 Å². The van der Waals surface area contributed by atoms with E-state index in [4.69, 9.17) is 34.8 Å². The van der Waals surface area contributed by atoms with Gasteiger partial charge in [0.15, 0.2) is 0 Å². The van der Waals surface area contributed by atoms with Gasteiger partial charge in [0.1, 0.15) is 0 Å². The molecule has 0 heterocycles. The second-order valence-electron chi connectivity index (χ2n) is 2.64. The van der Waals surface area contributed by atoms with E-state index in [1.165, 1.54) is 0 Å². The molecule has 0 aliphatic carbocycles. The third-order valence-electron chi connectivity index (χ3n) is 1.17. The van der Waals surface area contributed by atoms with Gasteiger partial charge in [0.2, 0.25) is 0 Å². The fraction of sp³-hybridized carbons (Fsp3) is 0.833. The van der Waals surface area contributed by atoms with Gasteiger partial charge in [-0.1, -0.05) is 34.8 Å². The highest BCUT2D eigenvalue weighted by atomic mass is 35.6. The Morgan fingerprint density at radius 1 is 1.00 bits per heavy atom. The molecule has 0 atom stereocenters. The second-order valence-corrected chi connectivity index (χ2v) is 4.92. The van der Waals surface area contributed by atoms with Crippen LogP contribution >= 0.6 is 34.8 Å². The van der Waals surface area contributed by atoms with Crippen molar-refractivity contribution in [1.82, 2.24) is 0 Å². The summed E-state index contributed by atoms with van der Waals surface area (Å²) in [5.74, 6) is -1.94. The molecular formula is C6H4Cl3F5O2. The molecule has 0 amide bonds. The third-order valence-corrected chi connectivity index (χ3v) is 1.64. The molecule has 0 aliphatic heterocycles. The Labute approximate surface area is 102 Å². The summed E-state index contributed by atoms with van der Waals surface area (Å²) in [4.78, 5) is 10.6. The maximum Gasteiger partial charge on any atom is 0.400 e. The fourth-order valence-electron chi connectivity index (χ4n) is 0.532.